The minimum Gasteiger partial charge on any atom is -0.444 e. The highest BCUT2D eigenvalue weighted by molar-refractivity contribution is 9.09. The first-order valence-corrected chi connectivity index (χ1v) is 15.5. The third-order valence-electron chi connectivity index (χ3n) is 6.60. The highest BCUT2D eigenvalue weighted by atomic mass is 79.9. The van der Waals surface area contributed by atoms with E-state index in [-0.39, 0.29) is 12.7 Å². The zero-order chi connectivity index (χ0) is 26.6. The molecular weight excluding hydrogens is 550 g/mol. The predicted octanol–water partition coefficient (Wildman–Crippen LogP) is 10.1. The molecule has 0 aliphatic heterocycles. The Bertz CT molecular complexity index is 876. The van der Waals surface area contributed by atoms with Crippen molar-refractivity contribution in [2.75, 3.05) is 16.8 Å². The van der Waals surface area contributed by atoms with Crippen molar-refractivity contribution in [3.8, 4) is 0 Å². The predicted molar refractivity (Wildman–Crippen MR) is 159 cm³/mol. The molecule has 0 saturated heterocycles. The van der Waals surface area contributed by atoms with Crippen molar-refractivity contribution in [1.82, 2.24) is 0 Å². The Labute approximate surface area is 237 Å². The first-order valence-electron chi connectivity index (χ1n) is 14.0. The van der Waals surface area contributed by atoms with Gasteiger partial charge in [-0.3, -0.25) is 9.69 Å². The van der Waals surface area contributed by atoms with Crippen LogP contribution in [-0.2, 0) is 11.3 Å². The number of alkyl halides is 1. The number of hydrogen-bond donors (Lipinski definition) is 0. The molecule has 0 atom stereocenters. The number of hydrogen-bond acceptors (Lipinski definition) is 3. The Hall–Kier alpha value is -1.85. The monoisotopic (exact) mass is 591 g/mol. The van der Waals surface area contributed by atoms with Crippen LogP contribution in [0.2, 0.25) is 0 Å². The van der Waals surface area contributed by atoms with E-state index in [1.54, 1.807) is 29.2 Å². The van der Waals surface area contributed by atoms with Crippen LogP contribution in [-0.4, -0.2) is 23.2 Å². The zero-order valence-electron chi connectivity index (χ0n) is 22.1. The molecule has 0 aliphatic rings. The summed E-state index contributed by atoms with van der Waals surface area (Å²) in [5, 5.41) is 0.629. The quantitative estimate of drug-likeness (QED) is 0.0873. The summed E-state index contributed by atoms with van der Waals surface area (Å²) in [5.74, 6) is 0. The first kappa shape index (κ1) is 31.4. The van der Waals surface area contributed by atoms with Gasteiger partial charge in [0.15, 0.2) is 0 Å². The summed E-state index contributed by atoms with van der Waals surface area (Å²) in [4.78, 5) is 26.0. The molecule has 204 valence electrons. The van der Waals surface area contributed by atoms with Crippen LogP contribution in [0.4, 0.5) is 10.5 Å². The number of anilines is 1. The summed E-state index contributed by atoms with van der Waals surface area (Å²) in [6.45, 7) is 0.809. The molecule has 2 rings (SSSR count). The number of carbonyl (C=O) groups is 2. The molecule has 0 fully saturated rings. The molecule has 2 aromatic carbocycles. The summed E-state index contributed by atoms with van der Waals surface area (Å²) >= 11 is 9.07. The molecule has 0 bridgehead atoms. The van der Waals surface area contributed by atoms with E-state index in [9.17, 15) is 9.59 Å². The fourth-order valence-corrected chi connectivity index (χ4v) is 4.90. The second-order valence-electron chi connectivity index (χ2n) is 9.65. The molecule has 0 unspecified atom stereocenters. The lowest BCUT2D eigenvalue weighted by molar-refractivity contribution is 0.108. The van der Waals surface area contributed by atoms with Gasteiger partial charge in [-0.25, -0.2) is 4.79 Å². The summed E-state index contributed by atoms with van der Waals surface area (Å²) in [7, 11) is 0. The molecule has 37 heavy (non-hydrogen) atoms. The zero-order valence-corrected chi connectivity index (χ0v) is 24.5. The van der Waals surface area contributed by atoms with Gasteiger partial charge in [0.1, 0.15) is 6.61 Å². The van der Waals surface area contributed by atoms with Crippen molar-refractivity contribution in [2.45, 2.75) is 96.5 Å². The number of carbonyl (C=O) groups excluding carboxylic acids is 2. The van der Waals surface area contributed by atoms with E-state index in [1.807, 2.05) is 30.3 Å². The van der Waals surface area contributed by atoms with Crippen molar-refractivity contribution in [1.29, 1.82) is 0 Å². The number of nitrogens with zero attached hydrogens (tertiary/aromatic N) is 1. The second kappa shape index (κ2) is 20.2. The van der Waals surface area contributed by atoms with E-state index < -0.39 is 5.24 Å². The summed E-state index contributed by atoms with van der Waals surface area (Å²) in [6.07, 6.45) is 17.6. The molecular formula is C31H43BrClNO3. The molecule has 0 N–H and O–H groups in total. The maximum atomic E-state index is 12.9. The van der Waals surface area contributed by atoms with Crippen molar-refractivity contribution >= 4 is 44.6 Å². The van der Waals surface area contributed by atoms with Crippen LogP contribution in [0.1, 0.15) is 106 Å². The van der Waals surface area contributed by atoms with Crippen LogP contribution in [0.5, 0.6) is 0 Å². The third-order valence-corrected chi connectivity index (χ3v) is 7.38. The number of ether oxygens (including phenoxy) is 1. The van der Waals surface area contributed by atoms with Crippen LogP contribution in [0, 0.1) is 0 Å². The number of amides is 1. The van der Waals surface area contributed by atoms with Gasteiger partial charge in [-0.15, -0.1) is 0 Å². The highest BCUT2D eigenvalue weighted by Gasteiger charge is 2.17. The van der Waals surface area contributed by atoms with E-state index in [0.717, 1.165) is 23.7 Å². The molecule has 4 nitrogen and oxygen atoms in total. The van der Waals surface area contributed by atoms with Crippen LogP contribution in [0.15, 0.2) is 54.6 Å². The first-order chi connectivity index (χ1) is 18.1. The molecule has 0 spiro atoms. The summed E-state index contributed by atoms with van der Waals surface area (Å²) < 4.78 is 5.59. The number of benzene rings is 2. The number of rotatable bonds is 20. The largest absolute Gasteiger partial charge is 0.444 e. The SMILES string of the molecule is O=C(Cl)c1ccc(N(CCCCCCCCCCCCCCCCBr)C(=O)OCc2ccccc2)cc1. The van der Waals surface area contributed by atoms with Gasteiger partial charge in [0.2, 0.25) is 0 Å². The van der Waals surface area contributed by atoms with Crippen LogP contribution >= 0.6 is 27.5 Å². The standard InChI is InChI=1S/C31H43BrClNO3/c32-24-16-11-9-7-5-3-1-2-4-6-8-10-12-17-25-34(29-22-20-28(21-23-29)30(33)35)31(36)37-26-27-18-14-13-15-19-27/h13-15,18-23H,1-12,16-17,24-26H2. The van der Waals surface area contributed by atoms with Crippen LogP contribution in [0.3, 0.4) is 0 Å². The molecule has 0 aromatic heterocycles. The molecule has 0 aliphatic carbocycles. The van der Waals surface area contributed by atoms with Gasteiger partial charge >= 0.3 is 6.09 Å². The van der Waals surface area contributed by atoms with Gasteiger partial charge in [-0.1, -0.05) is 123 Å². The fraction of sp³-hybridized carbons (Fsp3) is 0.548. The summed E-state index contributed by atoms with van der Waals surface area (Å²) in [6, 6.07) is 16.5. The molecule has 0 heterocycles. The maximum Gasteiger partial charge on any atom is 0.414 e. The van der Waals surface area contributed by atoms with E-state index in [0.29, 0.717) is 17.8 Å². The van der Waals surface area contributed by atoms with E-state index in [4.69, 9.17) is 16.3 Å². The Morgan fingerprint density at radius 1 is 0.676 bits per heavy atom. The van der Waals surface area contributed by atoms with Gasteiger partial charge in [0.05, 0.1) is 0 Å². The molecule has 6 heteroatoms. The summed E-state index contributed by atoms with van der Waals surface area (Å²) in [5.41, 5.74) is 2.07. The highest BCUT2D eigenvalue weighted by Crippen LogP contribution is 2.20. The minimum atomic E-state index is -0.509. The van der Waals surface area contributed by atoms with Crippen molar-refractivity contribution in [3.63, 3.8) is 0 Å². The van der Waals surface area contributed by atoms with Crippen LogP contribution in [0.25, 0.3) is 0 Å². The lowest BCUT2D eigenvalue weighted by atomic mass is 10.0. The normalized spacial score (nSPS) is 10.9. The third kappa shape index (κ3) is 14.0. The Morgan fingerprint density at radius 2 is 1.16 bits per heavy atom. The molecule has 0 saturated carbocycles. The van der Waals surface area contributed by atoms with Gasteiger partial charge in [-0.05, 0) is 54.3 Å². The average molecular weight is 593 g/mol. The van der Waals surface area contributed by atoms with Crippen molar-refractivity contribution < 1.29 is 14.3 Å². The van der Waals surface area contributed by atoms with E-state index in [2.05, 4.69) is 15.9 Å². The minimum absolute atomic E-state index is 0.228. The Kier molecular flexibility index (Phi) is 17.1. The molecule has 0 radical (unpaired) electrons. The lowest BCUT2D eigenvalue weighted by Gasteiger charge is -2.22. The van der Waals surface area contributed by atoms with Crippen LogP contribution < -0.4 is 4.90 Å². The van der Waals surface area contributed by atoms with Gasteiger partial charge in [0.25, 0.3) is 5.24 Å². The van der Waals surface area contributed by atoms with Crippen molar-refractivity contribution in [3.05, 3.63) is 65.7 Å². The topological polar surface area (TPSA) is 46.6 Å². The van der Waals surface area contributed by atoms with Gasteiger partial charge < -0.3 is 4.74 Å². The van der Waals surface area contributed by atoms with Gasteiger partial charge in [-0.2, -0.15) is 0 Å². The number of halogens is 2. The average Bonchev–Trinajstić information content (AvgIpc) is 2.92. The lowest BCUT2D eigenvalue weighted by Crippen LogP contribution is -2.32. The second-order valence-corrected chi connectivity index (χ2v) is 10.8. The Balaban J connectivity index is 1.66. The van der Waals surface area contributed by atoms with Crippen molar-refractivity contribution in [2.24, 2.45) is 0 Å². The molecule has 2 aromatic rings. The van der Waals surface area contributed by atoms with E-state index in [1.165, 1.54) is 77.0 Å². The van der Waals surface area contributed by atoms with E-state index >= 15 is 0 Å². The molecule has 1 amide bonds. The van der Waals surface area contributed by atoms with Gasteiger partial charge in [0, 0.05) is 23.1 Å². The number of unbranched alkanes of at least 4 members (excludes halogenated alkanes) is 13. The Morgan fingerprint density at radius 3 is 1.65 bits per heavy atom. The maximum absolute atomic E-state index is 12.9. The fourth-order valence-electron chi connectivity index (χ4n) is 4.38. The smallest absolute Gasteiger partial charge is 0.414 e.